The van der Waals surface area contributed by atoms with Crippen molar-refractivity contribution < 1.29 is 22.7 Å². The summed E-state index contributed by atoms with van der Waals surface area (Å²) in [6.07, 6.45) is -2.64. The monoisotopic (exact) mass is 519 g/mol. The van der Waals surface area contributed by atoms with E-state index in [1.54, 1.807) is 11.0 Å². The molecule has 0 aliphatic carbocycles. The summed E-state index contributed by atoms with van der Waals surface area (Å²) in [5.41, 5.74) is -1.42. The van der Waals surface area contributed by atoms with Crippen LogP contribution in [0.2, 0.25) is 0 Å². The van der Waals surface area contributed by atoms with Crippen LogP contribution in [-0.2, 0) is 10.9 Å². The standard InChI is InChI=1S/C24H38F3N3O2S.C2H6/c1-21(2,3)32-20(31)30-15-16(14-23(30,7)8)12-13-18(29-33-22(4,5)6)17-10-9-11-19(28-17)24(25,26)27;1-2/h9-11,16,18,29H,12-15H2,1-8H3;1-2H3. The Bertz CT molecular complexity index is 817. The van der Waals surface area contributed by atoms with Crippen LogP contribution in [0.15, 0.2) is 18.2 Å². The van der Waals surface area contributed by atoms with E-state index in [0.29, 0.717) is 18.7 Å². The Morgan fingerprint density at radius 1 is 1.20 bits per heavy atom. The van der Waals surface area contributed by atoms with Gasteiger partial charge in [-0.1, -0.05) is 31.9 Å². The minimum atomic E-state index is -4.48. The summed E-state index contributed by atoms with van der Waals surface area (Å²) in [7, 11) is 0. The number of amides is 1. The summed E-state index contributed by atoms with van der Waals surface area (Å²) in [5, 5.41) is 0. The molecular weight excluding hydrogens is 475 g/mol. The van der Waals surface area contributed by atoms with E-state index in [-0.39, 0.29) is 28.3 Å². The van der Waals surface area contributed by atoms with Crippen molar-refractivity contribution in [1.82, 2.24) is 14.6 Å². The number of likely N-dealkylation sites (tertiary alicyclic amines) is 1. The third-order valence-corrected chi connectivity index (χ3v) is 6.38. The molecule has 9 heteroatoms. The van der Waals surface area contributed by atoms with Gasteiger partial charge in [-0.05, 0) is 92.7 Å². The van der Waals surface area contributed by atoms with Gasteiger partial charge < -0.3 is 9.64 Å². The Labute approximate surface area is 214 Å². The molecule has 202 valence electrons. The molecule has 1 N–H and O–H groups in total. The first-order chi connectivity index (χ1) is 15.9. The van der Waals surface area contributed by atoms with E-state index in [9.17, 15) is 18.0 Å². The largest absolute Gasteiger partial charge is 0.444 e. The first-order valence-electron chi connectivity index (χ1n) is 12.4. The summed E-state index contributed by atoms with van der Waals surface area (Å²) >= 11 is 1.49. The van der Waals surface area contributed by atoms with Crippen molar-refractivity contribution >= 4 is 18.0 Å². The molecule has 1 fully saturated rings. The quantitative estimate of drug-likeness (QED) is 0.386. The van der Waals surface area contributed by atoms with Crippen molar-refractivity contribution in [3.05, 3.63) is 29.6 Å². The second kappa shape index (κ2) is 12.2. The molecule has 1 aromatic heterocycles. The molecule has 0 radical (unpaired) electrons. The number of hydrogen-bond acceptors (Lipinski definition) is 5. The maximum Gasteiger partial charge on any atom is 0.433 e. The third kappa shape index (κ3) is 10.6. The van der Waals surface area contributed by atoms with Crippen LogP contribution in [0.3, 0.4) is 0 Å². The van der Waals surface area contributed by atoms with Gasteiger partial charge in [-0.15, -0.1) is 0 Å². The molecule has 2 unspecified atom stereocenters. The zero-order chi connectivity index (χ0) is 27.2. The molecule has 0 spiro atoms. The normalized spacial score (nSPS) is 19.1. The average Bonchev–Trinajstić information content (AvgIpc) is 3.01. The number of nitrogens with one attached hydrogen (secondary N) is 1. The molecule has 2 atom stereocenters. The van der Waals surface area contributed by atoms with Gasteiger partial charge in [0.2, 0.25) is 0 Å². The maximum absolute atomic E-state index is 13.2. The Balaban J connectivity index is 0.00000298. The molecule has 0 saturated carbocycles. The minimum Gasteiger partial charge on any atom is -0.444 e. The Morgan fingerprint density at radius 3 is 2.31 bits per heavy atom. The second-order valence-electron chi connectivity index (χ2n) is 11.4. The Morgan fingerprint density at radius 2 is 1.80 bits per heavy atom. The first-order valence-corrected chi connectivity index (χ1v) is 13.2. The molecule has 0 bridgehead atoms. The van der Waals surface area contributed by atoms with Gasteiger partial charge in [0.05, 0.1) is 11.7 Å². The van der Waals surface area contributed by atoms with Gasteiger partial charge in [0, 0.05) is 16.8 Å². The number of rotatable bonds is 6. The number of aromatic nitrogens is 1. The fraction of sp³-hybridized carbons (Fsp3) is 0.769. The zero-order valence-electron chi connectivity index (χ0n) is 23.0. The van der Waals surface area contributed by atoms with Crippen LogP contribution >= 0.6 is 11.9 Å². The minimum absolute atomic E-state index is 0.108. The van der Waals surface area contributed by atoms with Crippen LogP contribution in [0, 0.1) is 5.92 Å². The fourth-order valence-corrected chi connectivity index (χ4v) is 4.67. The van der Waals surface area contributed by atoms with E-state index in [1.807, 2.05) is 69.2 Å². The number of carbonyl (C=O) groups excluding carboxylic acids is 1. The summed E-state index contributed by atoms with van der Waals surface area (Å²) < 4.78 is 48.5. The summed E-state index contributed by atoms with van der Waals surface area (Å²) in [5.74, 6) is 0.224. The predicted molar refractivity (Wildman–Crippen MR) is 138 cm³/mol. The van der Waals surface area contributed by atoms with Crippen LogP contribution in [0.1, 0.15) is 106 Å². The van der Waals surface area contributed by atoms with Crippen molar-refractivity contribution in [2.45, 2.75) is 117 Å². The van der Waals surface area contributed by atoms with E-state index in [1.165, 1.54) is 18.0 Å². The molecular formula is C26H44F3N3O2S. The Hall–Kier alpha value is -1.48. The topological polar surface area (TPSA) is 54.5 Å². The molecule has 1 aliphatic rings. The average molecular weight is 520 g/mol. The van der Waals surface area contributed by atoms with Crippen LogP contribution < -0.4 is 4.72 Å². The van der Waals surface area contributed by atoms with Gasteiger partial charge in [0.1, 0.15) is 11.3 Å². The van der Waals surface area contributed by atoms with Crippen LogP contribution in [0.5, 0.6) is 0 Å². The van der Waals surface area contributed by atoms with Crippen LogP contribution in [-0.4, -0.2) is 38.4 Å². The highest BCUT2D eigenvalue weighted by atomic mass is 32.2. The fourth-order valence-electron chi connectivity index (χ4n) is 3.94. The highest BCUT2D eigenvalue weighted by Gasteiger charge is 2.43. The SMILES string of the molecule is CC.CC(C)(C)OC(=O)N1CC(CCC(NSC(C)(C)C)c2cccc(C(F)(F)F)n2)CC1(C)C. The zero-order valence-corrected chi connectivity index (χ0v) is 23.8. The molecule has 2 rings (SSSR count). The molecule has 0 aromatic carbocycles. The first kappa shape index (κ1) is 31.5. The van der Waals surface area contributed by atoms with Gasteiger partial charge in [0.15, 0.2) is 0 Å². The molecule has 1 amide bonds. The van der Waals surface area contributed by atoms with Crippen LogP contribution in [0.25, 0.3) is 0 Å². The van der Waals surface area contributed by atoms with Gasteiger partial charge in [-0.2, -0.15) is 13.2 Å². The highest BCUT2D eigenvalue weighted by Crippen LogP contribution is 2.38. The third-order valence-electron chi connectivity index (χ3n) is 5.36. The van der Waals surface area contributed by atoms with E-state index < -0.39 is 17.5 Å². The molecule has 35 heavy (non-hydrogen) atoms. The van der Waals surface area contributed by atoms with Gasteiger partial charge in [-0.3, -0.25) is 4.72 Å². The molecule has 1 aromatic rings. The van der Waals surface area contributed by atoms with E-state index in [2.05, 4.69) is 9.71 Å². The lowest BCUT2D eigenvalue weighted by molar-refractivity contribution is -0.141. The van der Waals surface area contributed by atoms with Crippen molar-refractivity contribution in [2.75, 3.05) is 6.54 Å². The smallest absolute Gasteiger partial charge is 0.433 e. The lowest BCUT2D eigenvalue weighted by Crippen LogP contribution is -2.45. The van der Waals surface area contributed by atoms with E-state index in [4.69, 9.17) is 4.74 Å². The van der Waals surface area contributed by atoms with Crippen molar-refractivity contribution in [3.8, 4) is 0 Å². The number of alkyl halides is 3. The predicted octanol–water partition coefficient (Wildman–Crippen LogP) is 8.02. The lowest BCUT2D eigenvalue weighted by atomic mass is 9.91. The van der Waals surface area contributed by atoms with E-state index in [0.717, 1.165) is 18.9 Å². The molecule has 1 aliphatic heterocycles. The van der Waals surface area contributed by atoms with Crippen molar-refractivity contribution in [1.29, 1.82) is 0 Å². The number of halogens is 3. The summed E-state index contributed by atoms with van der Waals surface area (Å²) in [4.78, 5) is 18.4. The highest BCUT2D eigenvalue weighted by molar-refractivity contribution is 7.98. The van der Waals surface area contributed by atoms with Crippen LogP contribution in [0.4, 0.5) is 18.0 Å². The molecule has 1 saturated heterocycles. The maximum atomic E-state index is 13.2. The molecule has 5 nitrogen and oxygen atoms in total. The van der Waals surface area contributed by atoms with Gasteiger partial charge in [0.25, 0.3) is 0 Å². The number of carbonyl (C=O) groups is 1. The summed E-state index contributed by atoms with van der Waals surface area (Å²) in [6.45, 7) is 20.3. The Kier molecular flexibility index (Phi) is 11.0. The van der Waals surface area contributed by atoms with Crippen molar-refractivity contribution in [2.24, 2.45) is 5.92 Å². The lowest BCUT2D eigenvalue weighted by Gasteiger charge is -2.33. The number of pyridine rings is 1. The van der Waals surface area contributed by atoms with E-state index >= 15 is 0 Å². The second-order valence-corrected chi connectivity index (χ2v) is 13.0. The number of hydrogen-bond donors (Lipinski definition) is 1. The summed E-state index contributed by atoms with van der Waals surface area (Å²) in [6, 6.07) is 3.71. The van der Waals surface area contributed by atoms with Gasteiger partial charge >= 0.3 is 12.3 Å². The number of nitrogens with zero attached hydrogens (tertiary/aromatic N) is 2. The van der Waals surface area contributed by atoms with Crippen molar-refractivity contribution in [3.63, 3.8) is 0 Å². The molecule has 2 heterocycles. The van der Waals surface area contributed by atoms with Gasteiger partial charge in [-0.25, -0.2) is 9.78 Å². The number of ether oxygens (including phenoxy) is 1.